The van der Waals surface area contributed by atoms with E-state index in [1.807, 2.05) is 0 Å². The summed E-state index contributed by atoms with van der Waals surface area (Å²) < 4.78 is 7.14. The summed E-state index contributed by atoms with van der Waals surface area (Å²) in [7, 11) is 1.47. The Hall–Kier alpha value is -1.51. The lowest BCUT2D eigenvalue weighted by Crippen LogP contribution is -2.20. The molecule has 1 aromatic rings. The molecule has 1 aromatic heterocycles. The fraction of sp³-hybridized carbons (Fsp3) is 0.533. The third-order valence-corrected chi connectivity index (χ3v) is 3.58. The van der Waals surface area contributed by atoms with Crippen molar-refractivity contribution in [2.75, 3.05) is 7.11 Å². The number of carbonyl (C=O) groups excluding carboxylic acids is 1. The molecule has 0 fully saturated rings. The second-order valence-electron chi connectivity index (χ2n) is 5.12. The van der Waals surface area contributed by atoms with Gasteiger partial charge in [0.15, 0.2) is 0 Å². The lowest BCUT2D eigenvalue weighted by molar-refractivity contribution is -0.142. The maximum absolute atomic E-state index is 11.8. The number of methoxy groups -OCH3 is 1. The molecule has 3 nitrogen and oxygen atoms in total. The van der Waals surface area contributed by atoms with E-state index in [4.69, 9.17) is 4.74 Å². The number of carbonyl (C=O) groups is 1. The number of aromatic nitrogens is 1. The molecule has 18 heavy (non-hydrogen) atoms. The molecular formula is C15H21NO2. The molecule has 0 aliphatic heterocycles. The standard InChI is InChI=1S/C15H21NO2/c1-11(2)7-9-16-10-8-12-13(15(17)18-3)5-4-6-14(12)16/h7-8,10,13H,4-6,9H2,1-3H3. The van der Waals surface area contributed by atoms with Crippen molar-refractivity contribution < 1.29 is 9.53 Å². The molecule has 3 heteroatoms. The Morgan fingerprint density at radius 1 is 1.56 bits per heavy atom. The van der Waals surface area contributed by atoms with Crippen LogP contribution < -0.4 is 0 Å². The first-order valence-corrected chi connectivity index (χ1v) is 6.52. The van der Waals surface area contributed by atoms with Crippen molar-refractivity contribution in [1.82, 2.24) is 4.57 Å². The molecule has 0 spiro atoms. The van der Waals surface area contributed by atoms with E-state index in [-0.39, 0.29) is 11.9 Å². The molecule has 1 heterocycles. The molecule has 0 amide bonds. The highest BCUT2D eigenvalue weighted by Gasteiger charge is 2.29. The number of rotatable bonds is 3. The fourth-order valence-electron chi connectivity index (χ4n) is 2.60. The number of ether oxygens (including phenoxy) is 1. The number of nitrogens with zero attached hydrogens (tertiary/aromatic N) is 1. The molecule has 1 aliphatic carbocycles. The van der Waals surface area contributed by atoms with Gasteiger partial charge in [0.1, 0.15) is 0 Å². The zero-order chi connectivity index (χ0) is 13.1. The van der Waals surface area contributed by atoms with Crippen LogP contribution in [0, 0.1) is 0 Å². The number of allylic oxidation sites excluding steroid dienone is 2. The molecule has 98 valence electrons. The Balaban J connectivity index is 2.26. The van der Waals surface area contributed by atoms with Gasteiger partial charge in [-0.05, 0) is 44.7 Å². The maximum atomic E-state index is 11.8. The number of fused-ring (bicyclic) bond motifs is 1. The Bertz CT molecular complexity index is 467. The van der Waals surface area contributed by atoms with E-state index in [1.54, 1.807) is 0 Å². The second kappa shape index (κ2) is 5.42. The Morgan fingerprint density at radius 2 is 2.33 bits per heavy atom. The van der Waals surface area contributed by atoms with Gasteiger partial charge in [-0.1, -0.05) is 11.6 Å². The SMILES string of the molecule is COC(=O)C1CCCc2c1ccn2CC=C(C)C. The molecule has 1 unspecified atom stereocenters. The zero-order valence-electron chi connectivity index (χ0n) is 11.4. The van der Waals surface area contributed by atoms with Crippen LogP contribution in [0.2, 0.25) is 0 Å². The van der Waals surface area contributed by atoms with Crippen LogP contribution >= 0.6 is 0 Å². The van der Waals surface area contributed by atoms with Gasteiger partial charge in [-0.15, -0.1) is 0 Å². The van der Waals surface area contributed by atoms with Crippen molar-refractivity contribution in [3.8, 4) is 0 Å². The first-order valence-electron chi connectivity index (χ1n) is 6.52. The molecule has 0 saturated carbocycles. The Labute approximate surface area is 108 Å². The monoisotopic (exact) mass is 247 g/mol. The highest BCUT2D eigenvalue weighted by molar-refractivity contribution is 5.78. The number of esters is 1. The van der Waals surface area contributed by atoms with Crippen molar-refractivity contribution in [3.63, 3.8) is 0 Å². The van der Waals surface area contributed by atoms with Gasteiger partial charge >= 0.3 is 5.97 Å². The average molecular weight is 247 g/mol. The summed E-state index contributed by atoms with van der Waals surface area (Å²) in [6.45, 7) is 5.10. The molecular weight excluding hydrogens is 226 g/mol. The van der Waals surface area contributed by atoms with Gasteiger partial charge in [0.25, 0.3) is 0 Å². The van der Waals surface area contributed by atoms with Crippen LogP contribution in [-0.4, -0.2) is 17.6 Å². The minimum Gasteiger partial charge on any atom is -0.469 e. The van der Waals surface area contributed by atoms with E-state index < -0.39 is 0 Å². The van der Waals surface area contributed by atoms with Crippen LogP contribution in [0.4, 0.5) is 0 Å². The predicted molar refractivity (Wildman–Crippen MR) is 71.6 cm³/mol. The van der Waals surface area contributed by atoms with Gasteiger partial charge in [0, 0.05) is 18.4 Å². The zero-order valence-corrected chi connectivity index (χ0v) is 11.4. The van der Waals surface area contributed by atoms with Crippen LogP contribution in [0.15, 0.2) is 23.9 Å². The van der Waals surface area contributed by atoms with E-state index in [9.17, 15) is 4.79 Å². The van der Waals surface area contributed by atoms with Gasteiger partial charge in [0.2, 0.25) is 0 Å². The molecule has 1 atom stereocenters. The van der Waals surface area contributed by atoms with Gasteiger partial charge in [-0.3, -0.25) is 4.79 Å². The lowest BCUT2D eigenvalue weighted by Gasteiger charge is -2.22. The van der Waals surface area contributed by atoms with Crippen LogP contribution in [-0.2, 0) is 22.5 Å². The van der Waals surface area contributed by atoms with Gasteiger partial charge in [0.05, 0.1) is 13.0 Å². The van der Waals surface area contributed by atoms with Crippen molar-refractivity contribution in [1.29, 1.82) is 0 Å². The summed E-state index contributed by atoms with van der Waals surface area (Å²) in [6.07, 6.45) is 7.33. The van der Waals surface area contributed by atoms with Gasteiger partial charge < -0.3 is 9.30 Å². The van der Waals surface area contributed by atoms with E-state index in [0.29, 0.717) is 0 Å². The number of hydrogen-bond acceptors (Lipinski definition) is 2. The van der Waals surface area contributed by atoms with Crippen LogP contribution in [0.25, 0.3) is 0 Å². The van der Waals surface area contributed by atoms with Gasteiger partial charge in [-0.2, -0.15) is 0 Å². The maximum Gasteiger partial charge on any atom is 0.313 e. The molecule has 1 aliphatic rings. The Morgan fingerprint density at radius 3 is 3.00 bits per heavy atom. The summed E-state index contributed by atoms with van der Waals surface area (Å²) >= 11 is 0. The highest BCUT2D eigenvalue weighted by atomic mass is 16.5. The predicted octanol–water partition coefficient (Wildman–Crippen LogP) is 3.05. The molecule has 0 bridgehead atoms. The molecule has 0 saturated heterocycles. The average Bonchev–Trinajstić information content (AvgIpc) is 2.78. The van der Waals surface area contributed by atoms with Crippen molar-refractivity contribution in [2.24, 2.45) is 0 Å². The van der Waals surface area contributed by atoms with E-state index in [2.05, 4.69) is 36.8 Å². The van der Waals surface area contributed by atoms with Crippen LogP contribution in [0.1, 0.15) is 43.9 Å². The lowest BCUT2D eigenvalue weighted by atomic mass is 9.87. The number of hydrogen-bond donors (Lipinski definition) is 0. The smallest absolute Gasteiger partial charge is 0.313 e. The van der Waals surface area contributed by atoms with Gasteiger partial charge in [-0.25, -0.2) is 0 Å². The summed E-state index contributed by atoms with van der Waals surface area (Å²) in [5.74, 6) is -0.164. The summed E-state index contributed by atoms with van der Waals surface area (Å²) in [5, 5.41) is 0. The first-order chi connectivity index (χ1) is 8.63. The van der Waals surface area contributed by atoms with Crippen molar-refractivity contribution >= 4 is 5.97 Å². The fourth-order valence-corrected chi connectivity index (χ4v) is 2.60. The summed E-state index contributed by atoms with van der Waals surface area (Å²) in [6, 6.07) is 2.08. The third-order valence-electron chi connectivity index (χ3n) is 3.58. The minimum atomic E-state index is -0.101. The summed E-state index contributed by atoms with van der Waals surface area (Å²) in [5.41, 5.74) is 3.78. The van der Waals surface area contributed by atoms with Crippen LogP contribution in [0.3, 0.4) is 0 Å². The molecule has 0 N–H and O–H groups in total. The first kappa shape index (κ1) is 12.9. The highest BCUT2D eigenvalue weighted by Crippen LogP contribution is 2.33. The molecule has 0 radical (unpaired) electrons. The van der Waals surface area contributed by atoms with E-state index in [1.165, 1.54) is 18.4 Å². The minimum absolute atomic E-state index is 0.0632. The quantitative estimate of drug-likeness (QED) is 0.607. The normalized spacial score (nSPS) is 18.1. The second-order valence-corrected chi connectivity index (χ2v) is 5.12. The molecule has 0 aromatic carbocycles. The molecule has 2 rings (SSSR count). The topological polar surface area (TPSA) is 31.2 Å². The van der Waals surface area contributed by atoms with Crippen LogP contribution in [0.5, 0.6) is 0 Å². The van der Waals surface area contributed by atoms with E-state index >= 15 is 0 Å². The van der Waals surface area contributed by atoms with Crippen molar-refractivity contribution in [3.05, 3.63) is 35.2 Å². The largest absolute Gasteiger partial charge is 0.469 e. The third kappa shape index (κ3) is 2.50. The van der Waals surface area contributed by atoms with Crippen molar-refractivity contribution in [2.45, 2.75) is 45.6 Å². The summed E-state index contributed by atoms with van der Waals surface area (Å²) in [4.78, 5) is 11.8. The Kier molecular flexibility index (Phi) is 3.90. The van der Waals surface area contributed by atoms with E-state index in [0.717, 1.165) is 31.4 Å².